The first-order valence-electron chi connectivity index (χ1n) is 11.3. The summed E-state index contributed by atoms with van der Waals surface area (Å²) in [6.07, 6.45) is 0. The van der Waals surface area contributed by atoms with Gasteiger partial charge in [-0.2, -0.15) is 0 Å². The van der Waals surface area contributed by atoms with E-state index >= 15 is 0 Å². The standard InChI is InChI=1S/C30H22N2O4.K/c1-36-30(35)21-13-17-23(18-14-21)32-28-25-10-6-5-9-24(25)27(26(28)19-7-3-2-4-8-19)31-22-15-11-20(12-16-22)29(33)34;/h2-18,31H,1H3,(H,33,34);/q;+1/p-1. The maximum atomic E-state index is 11.8. The Bertz CT molecular complexity index is 1510. The number of methoxy groups -OCH3 is 1. The van der Waals surface area contributed by atoms with Crippen LogP contribution in [0.25, 0.3) is 11.3 Å². The number of hydrogen-bond acceptors (Lipinski definition) is 6. The van der Waals surface area contributed by atoms with Gasteiger partial charge in [0.05, 0.1) is 35.7 Å². The summed E-state index contributed by atoms with van der Waals surface area (Å²) in [5.41, 5.74) is 7.48. The average molecular weight is 513 g/mol. The zero-order valence-electron chi connectivity index (χ0n) is 20.4. The second kappa shape index (κ2) is 11.8. The van der Waals surface area contributed by atoms with Crippen molar-refractivity contribution in [3.05, 3.63) is 131 Å². The fourth-order valence-electron chi connectivity index (χ4n) is 4.18. The molecule has 6 nitrogen and oxygen atoms in total. The summed E-state index contributed by atoms with van der Waals surface area (Å²) in [7, 11) is 1.35. The van der Waals surface area contributed by atoms with E-state index in [9.17, 15) is 14.7 Å². The van der Waals surface area contributed by atoms with Gasteiger partial charge in [-0.3, -0.25) is 0 Å². The van der Waals surface area contributed by atoms with Crippen LogP contribution in [-0.2, 0) is 4.74 Å². The molecule has 0 aliphatic heterocycles. The number of rotatable bonds is 6. The summed E-state index contributed by atoms with van der Waals surface area (Å²) >= 11 is 0. The van der Waals surface area contributed by atoms with Gasteiger partial charge in [-0.1, -0.05) is 66.7 Å². The van der Waals surface area contributed by atoms with Crippen LogP contribution in [0.4, 0.5) is 11.4 Å². The van der Waals surface area contributed by atoms with Crippen LogP contribution in [0.2, 0.25) is 0 Å². The number of allylic oxidation sites excluding steroid dienone is 1. The fourth-order valence-corrected chi connectivity index (χ4v) is 4.18. The molecule has 4 aromatic carbocycles. The Balaban J connectivity index is 0.00000320. The molecule has 0 unspecified atom stereocenters. The SMILES string of the molecule is COC(=O)c1ccc(N=C2C(c3ccccc3)=C(Nc3ccc(C(=O)[O-])cc3)c3ccccc32)cc1.[K+]. The van der Waals surface area contributed by atoms with Gasteiger partial charge in [0.2, 0.25) is 0 Å². The first-order valence-corrected chi connectivity index (χ1v) is 11.3. The number of benzene rings is 4. The summed E-state index contributed by atoms with van der Waals surface area (Å²) < 4.78 is 4.80. The number of ether oxygens (including phenoxy) is 1. The molecule has 1 N–H and O–H groups in total. The van der Waals surface area contributed by atoms with Gasteiger partial charge < -0.3 is 20.0 Å². The molecule has 0 heterocycles. The average Bonchev–Trinajstić information content (AvgIpc) is 3.22. The number of carboxylic acids is 1. The molecule has 7 heteroatoms. The Morgan fingerprint density at radius 2 is 1.35 bits per heavy atom. The number of anilines is 1. The first kappa shape index (κ1) is 26.7. The predicted octanol–water partition coefficient (Wildman–Crippen LogP) is 1.96. The Kier molecular flexibility index (Phi) is 8.53. The molecular weight excluding hydrogens is 491 g/mol. The minimum atomic E-state index is -1.22. The van der Waals surface area contributed by atoms with Crippen molar-refractivity contribution in [1.82, 2.24) is 0 Å². The molecule has 1 aliphatic carbocycles. The zero-order valence-corrected chi connectivity index (χ0v) is 23.5. The summed E-state index contributed by atoms with van der Waals surface area (Å²) in [5.74, 6) is -1.62. The van der Waals surface area contributed by atoms with Crippen LogP contribution < -0.4 is 61.8 Å². The van der Waals surface area contributed by atoms with E-state index in [0.717, 1.165) is 39.4 Å². The molecule has 37 heavy (non-hydrogen) atoms. The van der Waals surface area contributed by atoms with Gasteiger partial charge in [0, 0.05) is 22.4 Å². The van der Waals surface area contributed by atoms with Crippen molar-refractivity contribution in [3.8, 4) is 0 Å². The minimum Gasteiger partial charge on any atom is -0.545 e. The van der Waals surface area contributed by atoms with Crippen molar-refractivity contribution < 1.29 is 70.8 Å². The quantitative estimate of drug-likeness (QED) is 0.315. The van der Waals surface area contributed by atoms with E-state index in [1.165, 1.54) is 19.2 Å². The molecule has 0 saturated heterocycles. The summed E-state index contributed by atoms with van der Waals surface area (Å²) in [5, 5.41) is 14.7. The third-order valence-corrected chi connectivity index (χ3v) is 5.92. The molecule has 4 aromatic rings. The molecule has 0 fully saturated rings. The molecular formula is C30H21KN2O4. The molecule has 0 bridgehead atoms. The second-order valence-corrected chi connectivity index (χ2v) is 8.15. The van der Waals surface area contributed by atoms with E-state index in [-0.39, 0.29) is 56.9 Å². The van der Waals surface area contributed by atoms with Crippen molar-refractivity contribution in [2.24, 2.45) is 4.99 Å². The van der Waals surface area contributed by atoms with Gasteiger partial charge in [0.25, 0.3) is 0 Å². The number of fused-ring (bicyclic) bond motifs is 1. The number of aromatic carboxylic acids is 1. The number of nitrogens with one attached hydrogen (secondary N) is 1. The number of carbonyl (C=O) groups is 2. The maximum Gasteiger partial charge on any atom is 1.00 e. The van der Waals surface area contributed by atoms with E-state index in [0.29, 0.717) is 11.3 Å². The first-order chi connectivity index (χ1) is 17.5. The number of nitrogens with zero attached hydrogens (tertiary/aromatic N) is 1. The predicted molar refractivity (Wildman–Crippen MR) is 138 cm³/mol. The summed E-state index contributed by atoms with van der Waals surface area (Å²) in [6, 6.07) is 31.3. The van der Waals surface area contributed by atoms with Crippen molar-refractivity contribution in [3.63, 3.8) is 0 Å². The summed E-state index contributed by atoms with van der Waals surface area (Å²) in [4.78, 5) is 28.0. The summed E-state index contributed by atoms with van der Waals surface area (Å²) in [6.45, 7) is 0. The monoisotopic (exact) mass is 512 g/mol. The Morgan fingerprint density at radius 3 is 1.97 bits per heavy atom. The maximum absolute atomic E-state index is 11.8. The molecule has 5 rings (SSSR count). The molecule has 0 atom stereocenters. The van der Waals surface area contributed by atoms with Crippen molar-refractivity contribution in [1.29, 1.82) is 0 Å². The number of carbonyl (C=O) groups excluding carboxylic acids is 2. The molecule has 0 amide bonds. The number of aliphatic imine (C=N–C) groups is 1. The van der Waals surface area contributed by atoms with E-state index in [4.69, 9.17) is 9.73 Å². The molecule has 0 saturated carbocycles. The van der Waals surface area contributed by atoms with Crippen molar-refractivity contribution >= 4 is 40.3 Å². The second-order valence-electron chi connectivity index (χ2n) is 8.15. The third-order valence-electron chi connectivity index (χ3n) is 5.92. The normalized spacial score (nSPS) is 13.1. The van der Waals surface area contributed by atoms with Crippen LogP contribution in [0.3, 0.4) is 0 Å². The van der Waals surface area contributed by atoms with Gasteiger partial charge in [0.1, 0.15) is 0 Å². The smallest absolute Gasteiger partial charge is 0.545 e. The Labute approximate surface area is 257 Å². The van der Waals surface area contributed by atoms with Crippen LogP contribution in [0.1, 0.15) is 37.4 Å². The molecule has 1 aliphatic rings. The van der Waals surface area contributed by atoms with Gasteiger partial charge in [0.15, 0.2) is 0 Å². The van der Waals surface area contributed by atoms with Gasteiger partial charge in [-0.15, -0.1) is 0 Å². The van der Waals surface area contributed by atoms with E-state index in [1.807, 2.05) is 54.6 Å². The number of carboxylic acid groups (broad SMARTS) is 1. The van der Waals surface area contributed by atoms with E-state index in [2.05, 4.69) is 5.32 Å². The minimum absolute atomic E-state index is 0. The topological polar surface area (TPSA) is 90.8 Å². The number of hydrogen-bond donors (Lipinski definition) is 1. The van der Waals surface area contributed by atoms with Crippen LogP contribution in [0.15, 0.2) is 108 Å². The fraction of sp³-hybridized carbons (Fsp3) is 0.0333. The Hall–Kier alpha value is -3.33. The number of esters is 1. The van der Waals surface area contributed by atoms with Gasteiger partial charge in [-0.05, 0) is 47.5 Å². The third kappa shape index (κ3) is 5.66. The largest absolute Gasteiger partial charge is 1.00 e. The van der Waals surface area contributed by atoms with Crippen molar-refractivity contribution in [2.45, 2.75) is 0 Å². The van der Waals surface area contributed by atoms with Gasteiger partial charge in [-0.25, -0.2) is 9.79 Å². The van der Waals surface area contributed by atoms with Gasteiger partial charge >= 0.3 is 57.4 Å². The molecule has 0 aromatic heterocycles. The Morgan fingerprint density at radius 1 is 0.757 bits per heavy atom. The van der Waals surface area contributed by atoms with E-state index < -0.39 is 11.9 Å². The van der Waals surface area contributed by atoms with Crippen LogP contribution in [0.5, 0.6) is 0 Å². The molecule has 0 spiro atoms. The zero-order chi connectivity index (χ0) is 25.1. The van der Waals surface area contributed by atoms with Crippen LogP contribution in [0, 0.1) is 0 Å². The molecule has 0 radical (unpaired) electrons. The van der Waals surface area contributed by atoms with E-state index in [1.54, 1.807) is 36.4 Å². The molecule has 176 valence electrons. The van der Waals surface area contributed by atoms with Crippen LogP contribution in [-0.4, -0.2) is 24.8 Å². The van der Waals surface area contributed by atoms with Crippen molar-refractivity contribution in [2.75, 3.05) is 12.4 Å². The van der Waals surface area contributed by atoms with Crippen LogP contribution >= 0.6 is 0 Å².